The molecule has 2 N–H and O–H groups in total. The minimum absolute atomic E-state index is 0.363. The Morgan fingerprint density at radius 3 is 2.75 bits per heavy atom. The average Bonchev–Trinajstić information content (AvgIpc) is 2.30. The molecule has 0 unspecified atom stereocenters. The van der Waals surface area contributed by atoms with Crippen molar-refractivity contribution in [3.63, 3.8) is 0 Å². The second-order valence-electron chi connectivity index (χ2n) is 3.00. The summed E-state index contributed by atoms with van der Waals surface area (Å²) in [5.74, 6) is 0.351. The third-order valence-corrected chi connectivity index (χ3v) is 2.45. The van der Waals surface area contributed by atoms with Crippen LogP contribution in [0, 0.1) is 0 Å². The van der Waals surface area contributed by atoms with Crippen LogP contribution in [0.4, 0.5) is 4.79 Å². The van der Waals surface area contributed by atoms with Crippen molar-refractivity contribution in [1.29, 1.82) is 0 Å². The van der Waals surface area contributed by atoms with E-state index in [9.17, 15) is 9.59 Å². The van der Waals surface area contributed by atoms with Gasteiger partial charge in [-0.05, 0) is 18.4 Å². The number of hydrogen-bond donors (Lipinski definition) is 2. The zero-order valence-electron chi connectivity index (χ0n) is 9.62. The van der Waals surface area contributed by atoms with Crippen LogP contribution in [0.3, 0.4) is 0 Å². The van der Waals surface area contributed by atoms with E-state index in [-0.39, 0.29) is 0 Å². The molecule has 5 nitrogen and oxygen atoms in total. The van der Waals surface area contributed by atoms with Gasteiger partial charge in [-0.2, -0.15) is 11.8 Å². The molecular formula is C10H18N2O3S. The van der Waals surface area contributed by atoms with E-state index in [4.69, 9.17) is 0 Å². The minimum atomic E-state index is -0.595. The van der Waals surface area contributed by atoms with Crippen LogP contribution < -0.4 is 10.6 Å². The van der Waals surface area contributed by atoms with Crippen LogP contribution in [0.2, 0.25) is 0 Å². The summed E-state index contributed by atoms with van der Waals surface area (Å²) >= 11 is 1.61. The highest BCUT2D eigenvalue weighted by atomic mass is 32.2. The molecule has 0 aromatic carbocycles. The highest BCUT2D eigenvalue weighted by Gasteiger charge is 2.20. The fraction of sp³-hybridized carbons (Fsp3) is 0.600. The molecular weight excluding hydrogens is 228 g/mol. The summed E-state index contributed by atoms with van der Waals surface area (Å²) < 4.78 is 4.60. The molecule has 6 heteroatoms. The summed E-state index contributed by atoms with van der Waals surface area (Å²) in [5.41, 5.74) is 0. The zero-order chi connectivity index (χ0) is 12.4. The molecule has 0 saturated carbocycles. The van der Waals surface area contributed by atoms with E-state index in [1.165, 1.54) is 7.11 Å². The van der Waals surface area contributed by atoms with Crippen LogP contribution >= 0.6 is 11.8 Å². The Morgan fingerprint density at radius 1 is 1.56 bits per heavy atom. The molecule has 0 bridgehead atoms. The number of esters is 1. The summed E-state index contributed by atoms with van der Waals surface area (Å²) in [5, 5.41) is 5.09. The number of carbonyl (C=O) groups excluding carboxylic acids is 2. The molecule has 16 heavy (non-hydrogen) atoms. The van der Waals surface area contributed by atoms with E-state index in [0.29, 0.717) is 13.0 Å². The van der Waals surface area contributed by atoms with Crippen molar-refractivity contribution in [3.8, 4) is 0 Å². The molecule has 0 aliphatic carbocycles. The lowest BCUT2D eigenvalue weighted by Crippen LogP contribution is -2.46. The van der Waals surface area contributed by atoms with Crippen molar-refractivity contribution >= 4 is 23.8 Å². The highest BCUT2D eigenvalue weighted by Crippen LogP contribution is 2.02. The second kappa shape index (κ2) is 9.08. The van der Waals surface area contributed by atoms with Gasteiger partial charge in [0.25, 0.3) is 0 Å². The summed E-state index contributed by atoms with van der Waals surface area (Å²) in [7, 11) is 1.30. The first-order valence-electron chi connectivity index (χ1n) is 4.87. The zero-order valence-corrected chi connectivity index (χ0v) is 10.4. The SMILES string of the molecule is C=CCNC(=O)N[C@@H](CCSC)C(=O)OC. The maximum atomic E-state index is 11.3. The monoisotopic (exact) mass is 246 g/mol. The fourth-order valence-corrected chi connectivity index (χ4v) is 1.47. The van der Waals surface area contributed by atoms with Crippen LogP contribution in [-0.4, -0.2) is 43.7 Å². The van der Waals surface area contributed by atoms with Crippen molar-refractivity contribution in [1.82, 2.24) is 10.6 Å². The van der Waals surface area contributed by atoms with Gasteiger partial charge >= 0.3 is 12.0 Å². The predicted molar refractivity (Wildman–Crippen MR) is 65.5 cm³/mol. The summed E-state index contributed by atoms with van der Waals surface area (Å²) in [4.78, 5) is 22.6. The average molecular weight is 246 g/mol. The Hall–Kier alpha value is -1.17. The van der Waals surface area contributed by atoms with Crippen LogP contribution in [0.1, 0.15) is 6.42 Å². The number of amides is 2. The number of nitrogens with one attached hydrogen (secondary N) is 2. The van der Waals surface area contributed by atoms with Gasteiger partial charge in [0.2, 0.25) is 0 Å². The quantitative estimate of drug-likeness (QED) is 0.514. The first-order valence-corrected chi connectivity index (χ1v) is 6.27. The molecule has 0 spiro atoms. The molecule has 0 heterocycles. The molecule has 0 aliphatic rings. The van der Waals surface area contributed by atoms with Gasteiger partial charge in [0.15, 0.2) is 0 Å². The van der Waals surface area contributed by atoms with Gasteiger partial charge in [-0.15, -0.1) is 6.58 Å². The summed E-state index contributed by atoms with van der Waals surface area (Å²) in [6, 6.07) is -0.987. The van der Waals surface area contributed by atoms with E-state index < -0.39 is 18.0 Å². The Kier molecular flexibility index (Phi) is 8.42. The number of hydrogen-bond acceptors (Lipinski definition) is 4. The third-order valence-electron chi connectivity index (χ3n) is 1.81. The first kappa shape index (κ1) is 14.8. The third kappa shape index (κ3) is 6.34. The lowest BCUT2D eigenvalue weighted by Gasteiger charge is -2.15. The largest absolute Gasteiger partial charge is 0.467 e. The van der Waals surface area contributed by atoms with Crippen LogP contribution in [0.25, 0.3) is 0 Å². The van der Waals surface area contributed by atoms with Crippen LogP contribution in [0.5, 0.6) is 0 Å². The highest BCUT2D eigenvalue weighted by molar-refractivity contribution is 7.98. The normalized spacial score (nSPS) is 11.4. The molecule has 0 aromatic heterocycles. The number of carbonyl (C=O) groups is 2. The van der Waals surface area contributed by atoms with Crippen molar-refractivity contribution in [2.75, 3.05) is 25.7 Å². The molecule has 2 amide bonds. The first-order chi connectivity index (χ1) is 7.65. The van der Waals surface area contributed by atoms with E-state index in [0.717, 1.165) is 5.75 Å². The van der Waals surface area contributed by atoms with E-state index >= 15 is 0 Å². The topological polar surface area (TPSA) is 67.4 Å². The second-order valence-corrected chi connectivity index (χ2v) is 3.99. The Morgan fingerprint density at radius 2 is 2.25 bits per heavy atom. The molecule has 0 fully saturated rings. The minimum Gasteiger partial charge on any atom is -0.467 e. The Balaban J connectivity index is 4.13. The number of rotatable bonds is 7. The van der Waals surface area contributed by atoms with E-state index in [1.807, 2.05) is 6.26 Å². The van der Waals surface area contributed by atoms with Gasteiger partial charge in [0.05, 0.1) is 7.11 Å². The molecule has 0 rings (SSSR count). The van der Waals surface area contributed by atoms with E-state index in [2.05, 4.69) is 21.9 Å². The van der Waals surface area contributed by atoms with Gasteiger partial charge in [-0.25, -0.2) is 9.59 Å². The van der Waals surface area contributed by atoms with Gasteiger partial charge in [-0.1, -0.05) is 6.08 Å². The van der Waals surface area contributed by atoms with Crippen molar-refractivity contribution < 1.29 is 14.3 Å². The molecule has 1 atom stereocenters. The lowest BCUT2D eigenvalue weighted by atomic mass is 10.2. The predicted octanol–water partition coefficient (Wildman–Crippen LogP) is 0.766. The van der Waals surface area contributed by atoms with Crippen molar-refractivity contribution in [3.05, 3.63) is 12.7 Å². The summed E-state index contributed by atoms with van der Waals surface area (Å²) in [6.45, 7) is 3.84. The molecule has 0 radical (unpaired) electrons. The maximum absolute atomic E-state index is 11.3. The standard InChI is InChI=1S/C10H18N2O3S/c1-4-6-11-10(14)12-8(5-7-16-3)9(13)15-2/h4,8H,1,5-7H2,2-3H3,(H2,11,12,14)/t8-/m0/s1. The number of urea groups is 1. The number of thioether (sulfide) groups is 1. The molecule has 0 aromatic rings. The smallest absolute Gasteiger partial charge is 0.328 e. The van der Waals surface area contributed by atoms with Crippen LogP contribution in [0.15, 0.2) is 12.7 Å². The van der Waals surface area contributed by atoms with Crippen molar-refractivity contribution in [2.45, 2.75) is 12.5 Å². The van der Waals surface area contributed by atoms with Gasteiger partial charge < -0.3 is 15.4 Å². The Labute approximate surface area is 100.0 Å². The van der Waals surface area contributed by atoms with Gasteiger partial charge in [-0.3, -0.25) is 0 Å². The maximum Gasteiger partial charge on any atom is 0.328 e. The number of ether oxygens (including phenoxy) is 1. The van der Waals surface area contributed by atoms with E-state index in [1.54, 1.807) is 17.8 Å². The number of methoxy groups -OCH3 is 1. The summed E-state index contributed by atoms with van der Waals surface area (Å²) in [6.07, 6.45) is 4.05. The fourth-order valence-electron chi connectivity index (χ4n) is 1.00. The molecule has 0 aliphatic heterocycles. The molecule has 0 saturated heterocycles. The molecule has 92 valence electrons. The van der Waals surface area contributed by atoms with Gasteiger partial charge in [0.1, 0.15) is 6.04 Å². The van der Waals surface area contributed by atoms with Crippen molar-refractivity contribution in [2.24, 2.45) is 0 Å². The van der Waals surface area contributed by atoms with Crippen LogP contribution in [-0.2, 0) is 9.53 Å². The van der Waals surface area contributed by atoms with Gasteiger partial charge in [0, 0.05) is 6.54 Å². The Bertz CT molecular complexity index is 246. The lowest BCUT2D eigenvalue weighted by molar-refractivity contribution is -0.142.